The van der Waals surface area contributed by atoms with Gasteiger partial charge in [-0.05, 0) is 69.2 Å². The summed E-state index contributed by atoms with van der Waals surface area (Å²) in [5.41, 5.74) is 0.537. The molecule has 3 atom stereocenters. The Morgan fingerprint density at radius 3 is 2.70 bits per heavy atom. The molecule has 0 aromatic rings. The van der Waals surface area contributed by atoms with Gasteiger partial charge in [0.25, 0.3) is 0 Å². The monoisotopic (exact) mass is 281 g/mol. The Kier molecular flexibility index (Phi) is 6.35. The fourth-order valence-electron chi connectivity index (χ4n) is 4.31. The smallest absolute Gasteiger partial charge is 0.0576 e. The lowest BCUT2D eigenvalue weighted by atomic mass is 9.76. The van der Waals surface area contributed by atoms with Crippen molar-refractivity contribution in [2.24, 2.45) is 11.3 Å². The standard InChI is InChI=1S/C18H35NO/c1-4-13-19-17(16-10-6-12-18(16,2)3)11-5-8-15-9-7-14-20-15/h15-17,19H,4-14H2,1-3H3. The lowest BCUT2D eigenvalue weighted by molar-refractivity contribution is 0.0987. The minimum Gasteiger partial charge on any atom is -0.378 e. The second kappa shape index (κ2) is 7.79. The Morgan fingerprint density at radius 1 is 1.25 bits per heavy atom. The van der Waals surface area contributed by atoms with E-state index in [4.69, 9.17) is 4.74 Å². The highest BCUT2D eigenvalue weighted by molar-refractivity contribution is 4.92. The fourth-order valence-corrected chi connectivity index (χ4v) is 4.31. The third-order valence-electron chi connectivity index (χ3n) is 5.55. The van der Waals surface area contributed by atoms with Crippen molar-refractivity contribution >= 4 is 0 Å². The zero-order valence-corrected chi connectivity index (χ0v) is 13.9. The molecule has 1 aliphatic heterocycles. The molecule has 0 bridgehead atoms. The van der Waals surface area contributed by atoms with Crippen molar-refractivity contribution < 1.29 is 4.74 Å². The summed E-state index contributed by atoms with van der Waals surface area (Å²) in [6.45, 7) is 9.40. The molecule has 1 N–H and O–H groups in total. The van der Waals surface area contributed by atoms with E-state index >= 15 is 0 Å². The van der Waals surface area contributed by atoms with Gasteiger partial charge in [0.05, 0.1) is 6.10 Å². The first-order valence-corrected chi connectivity index (χ1v) is 8.98. The van der Waals surface area contributed by atoms with E-state index in [1.807, 2.05) is 0 Å². The highest BCUT2D eigenvalue weighted by Gasteiger charge is 2.38. The molecule has 2 nitrogen and oxygen atoms in total. The van der Waals surface area contributed by atoms with Crippen LogP contribution in [0.2, 0.25) is 0 Å². The molecule has 1 heterocycles. The van der Waals surface area contributed by atoms with E-state index in [1.54, 1.807) is 0 Å². The van der Waals surface area contributed by atoms with Gasteiger partial charge in [0.2, 0.25) is 0 Å². The van der Waals surface area contributed by atoms with Crippen molar-refractivity contribution in [2.75, 3.05) is 13.2 Å². The SMILES string of the molecule is CCCNC(CCCC1CCCO1)C1CCCC1(C)C. The molecule has 0 amide bonds. The van der Waals surface area contributed by atoms with E-state index in [0.717, 1.165) is 18.6 Å². The molecule has 1 saturated heterocycles. The normalized spacial score (nSPS) is 30.8. The maximum Gasteiger partial charge on any atom is 0.0576 e. The molecule has 1 aliphatic carbocycles. The van der Waals surface area contributed by atoms with Crippen LogP contribution < -0.4 is 5.32 Å². The average molecular weight is 281 g/mol. The zero-order chi connectivity index (χ0) is 14.4. The summed E-state index contributed by atoms with van der Waals surface area (Å²) >= 11 is 0. The van der Waals surface area contributed by atoms with Gasteiger partial charge in [0.15, 0.2) is 0 Å². The van der Waals surface area contributed by atoms with Gasteiger partial charge in [0.1, 0.15) is 0 Å². The van der Waals surface area contributed by atoms with Crippen LogP contribution in [0.4, 0.5) is 0 Å². The minimum absolute atomic E-state index is 0.537. The average Bonchev–Trinajstić information content (AvgIpc) is 3.03. The molecule has 2 fully saturated rings. The highest BCUT2D eigenvalue weighted by atomic mass is 16.5. The molecule has 0 aromatic heterocycles. The third-order valence-corrected chi connectivity index (χ3v) is 5.55. The Hall–Kier alpha value is -0.0800. The van der Waals surface area contributed by atoms with Gasteiger partial charge >= 0.3 is 0 Å². The largest absolute Gasteiger partial charge is 0.378 e. The van der Waals surface area contributed by atoms with Crippen molar-refractivity contribution in [3.05, 3.63) is 0 Å². The molecule has 0 aromatic carbocycles. The van der Waals surface area contributed by atoms with Crippen LogP contribution in [0.5, 0.6) is 0 Å². The first-order valence-electron chi connectivity index (χ1n) is 8.98. The molecule has 3 unspecified atom stereocenters. The Bertz CT molecular complexity index is 271. The maximum absolute atomic E-state index is 5.76. The van der Waals surface area contributed by atoms with Crippen LogP contribution >= 0.6 is 0 Å². The third kappa shape index (κ3) is 4.46. The van der Waals surface area contributed by atoms with Crippen LogP contribution in [0.15, 0.2) is 0 Å². The molecule has 0 spiro atoms. The lowest BCUT2D eigenvalue weighted by Gasteiger charge is -2.35. The van der Waals surface area contributed by atoms with Gasteiger partial charge in [-0.2, -0.15) is 0 Å². The van der Waals surface area contributed by atoms with E-state index < -0.39 is 0 Å². The summed E-state index contributed by atoms with van der Waals surface area (Å²) < 4.78 is 5.76. The second-order valence-electron chi connectivity index (χ2n) is 7.61. The van der Waals surface area contributed by atoms with Gasteiger partial charge in [-0.15, -0.1) is 0 Å². The number of ether oxygens (including phenoxy) is 1. The van der Waals surface area contributed by atoms with Crippen molar-refractivity contribution in [3.8, 4) is 0 Å². The molecule has 2 rings (SSSR count). The molecule has 1 saturated carbocycles. The molecule has 118 valence electrons. The summed E-state index contributed by atoms with van der Waals surface area (Å²) in [4.78, 5) is 0. The van der Waals surface area contributed by atoms with Gasteiger partial charge in [-0.25, -0.2) is 0 Å². The summed E-state index contributed by atoms with van der Waals surface area (Å²) in [5.74, 6) is 0.874. The van der Waals surface area contributed by atoms with E-state index in [1.165, 1.54) is 64.3 Å². The minimum atomic E-state index is 0.537. The number of nitrogens with one attached hydrogen (secondary N) is 1. The molecule has 2 aliphatic rings. The quantitative estimate of drug-likeness (QED) is 0.706. The molecule has 0 radical (unpaired) electrons. The van der Waals surface area contributed by atoms with Crippen LogP contribution in [0.25, 0.3) is 0 Å². The first kappa shape index (κ1) is 16.3. The highest BCUT2D eigenvalue weighted by Crippen LogP contribution is 2.45. The lowest BCUT2D eigenvalue weighted by Crippen LogP contribution is -2.41. The number of rotatable bonds is 8. The molecule has 20 heavy (non-hydrogen) atoms. The zero-order valence-electron chi connectivity index (χ0n) is 13.9. The van der Waals surface area contributed by atoms with Gasteiger partial charge in [0, 0.05) is 12.6 Å². The first-order chi connectivity index (χ1) is 9.63. The predicted octanol–water partition coefficient (Wildman–Crippen LogP) is 4.53. The van der Waals surface area contributed by atoms with Crippen LogP contribution in [-0.2, 0) is 4.74 Å². The summed E-state index contributed by atoms with van der Waals surface area (Å²) in [6, 6.07) is 0.730. The Labute approximate surface area is 126 Å². The summed E-state index contributed by atoms with van der Waals surface area (Å²) in [6.07, 6.45) is 12.6. The number of hydrogen-bond donors (Lipinski definition) is 1. The number of hydrogen-bond acceptors (Lipinski definition) is 2. The molecule has 2 heteroatoms. The van der Waals surface area contributed by atoms with E-state index in [9.17, 15) is 0 Å². The fraction of sp³-hybridized carbons (Fsp3) is 1.00. The van der Waals surface area contributed by atoms with Crippen molar-refractivity contribution in [1.29, 1.82) is 0 Å². The van der Waals surface area contributed by atoms with Crippen LogP contribution in [0.3, 0.4) is 0 Å². The predicted molar refractivity (Wildman–Crippen MR) is 86.0 cm³/mol. The van der Waals surface area contributed by atoms with Crippen LogP contribution in [-0.4, -0.2) is 25.3 Å². The van der Waals surface area contributed by atoms with Crippen LogP contribution in [0.1, 0.15) is 78.6 Å². The van der Waals surface area contributed by atoms with Gasteiger partial charge in [-0.3, -0.25) is 0 Å². The summed E-state index contributed by atoms with van der Waals surface area (Å²) in [7, 11) is 0. The van der Waals surface area contributed by atoms with E-state index in [-0.39, 0.29) is 0 Å². The Morgan fingerprint density at radius 2 is 2.10 bits per heavy atom. The van der Waals surface area contributed by atoms with Gasteiger partial charge < -0.3 is 10.1 Å². The van der Waals surface area contributed by atoms with Crippen molar-refractivity contribution in [3.63, 3.8) is 0 Å². The topological polar surface area (TPSA) is 21.3 Å². The van der Waals surface area contributed by atoms with Crippen molar-refractivity contribution in [2.45, 2.75) is 90.7 Å². The van der Waals surface area contributed by atoms with Gasteiger partial charge in [-0.1, -0.05) is 27.2 Å². The van der Waals surface area contributed by atoms with E-state index in [0.29, 0.717) is 11.5 Å². The van der Waals surface area contributed by atoms with Crippen molar-refractivity contribution in [1.82, 2.24) is 5.32 Å². The molecular weight excluding hydrogens is 246 g/mol. The van der Waals surface area contributed by atoms with E-state index in [2.05, 4.69) is 26.1 Å². The maximum atomic E-state index is 5.76. The second-order valence-corrected chi connectivity index (χ2v) is 7.61. The van der Waals surface area contributed by atoms with Crippen LogP contribution in [0, 0.1) is 11.3 Å². The molecular formula is C18H35NO. The Balaban J connectivity index is 1.79. The summed E-state index contributed by atoms with van der Waals surface area (Å²) in [5, 5.41) is 3.85.